The molecule has 0 radical (unpaired) electrons. The zero-order valence-electron chi connectivity index (χ0n) is 31.0. The number of fused-ring (bicyclic) bond motifs is 12. The molecule has 0 amide bonds. The molecule has 0 atom stereocenters. The largest absolute Gasteiger partial charge is 0.310 e. The van der Waals surface area contributed by atoms with Crippen LogP contribution in [0.4, 0.5) is 17.1 Å². The monoisotopic (exact) mass is 725 g/mol. The average Bonchev–Trinajstić information content (AvgIpc) is 3.78. The Labute approximate surface area is 329 Å². The Balaban J connectivity index is 1.25. The molecule has 2 aromatic heterocycles. The van der Waals surface area contributed by atoms with Gasteiger partial charge in [0.05, 0.1) is 27.8 Å². The second-order valence-corrected chi connectivity index (χ2v) is 14.9. The van der Waals surface area contributed by atoms with E-state index < -0.39 is 0 Å². The van der Waals surface area contributed by atoms with E-state index in [1.54, 1.807) is 0 Å². The van der Waals surface area contributed by atoms with Crippen LogP contribution in [-0.4, -0.2) is 9.13 Å². The van der Waals surface area contributed by atoms with Gasteiger partial charge in [-0.1, -0.05) is 133 Å². The molecule has 2 heterocycles. The molecule has 0 aliphatic carbocycles. The number of anilines is 3. The highest BCUT2D eigenvalue weighted by atomic mass is 15.1. The van der Waals surface area contributed by atoms with Crippen LogP contribution in [0.5, 0.6) is 0 Å². The van der Waals surface area contributed by atoms with E-state index in [-0.39, 0.29) is 0 Å². The van der Waals surface area contributed by atoms with Gasteiger partial charge in [-0.05, 0) is 106 Å². The molecule has 0 spiro atoms. The molecule has 0 saturated heterocycles. The standard InChI is InChI=1S/C54H35N3/c1-4-17-36(18-5-1)55(37-19-6-2-7-20-37)39-31-32-50-46(33-39)48-34-47-43-26-14-15-29-49(43)56(38-21-8-3-9-22-38)52(47)35-53(48)57(50)51-30-16-28-45-42-24-11-10-23-40(42)41-25-12-13-27-44(41)54(45)51/h1-35H. The van der Waals surface area contributed by atoms with Crippen molar-refractivity contribution >= 4 is 93.0 Å². The summed E-state index contributed by atoms with van der Waals surface area (Å²) in [6.45, 7) is 0. The van der Waals surface area contributed by atoms with Crippen molar-refractivity contribution in [3.05, 3.63) is 212 Å². The first-order valence-corrected chi connectivity index (χ1v) is 19.6. The van der Waals surface area contributed by atoms with Crippen molar-refractivity contribution in [3.63, 3.8) is 0 Å². The molecule has 0 saturated carbocycles. The van der Waals surface area contributed by atoms with Gasteiger partial charge in [0.1, 0.15) is 0 Å². The van der Waals surface area contributed by atoms with Crippen molar-refractivity contribution in [2.75, 3.05) is 4.90 Å². The maximum Gasteiger partial charge on any atom is 0.0562 e. The van der Waals surface area contributed by atoms with Crippen LogP contribution >= 0.6 is 0 Å². The third kappa shape index (κ3) is 4.73. The highest BCUT2D eigenvalue weighted by molar-refractivity contribution is 6.28. The van der Waals surface area contributed by atoms with Gasteiger partial charge in [-0.3, -0.25) is 0 Å². The second kappa shape index (κ2) is 12.5. The topological polar surface area (TPSA) is 13.1 Å². The van der Waals surface area contributed by atoms with Gasteiger partial charge >= 0.3 is 0 Å². The smallest absolute Gasteiger partial charge is 0.0562 e. The maximum atomic E-state index is 2.53. The lowest BCUT2D eigenvalue weighted by atomic mass is 9.93. The van der Waals surface area contributed by atoms with Crippen LogP contribution < -0.4 is 4.90 Å². The molecule has 3 heteroatoms. The summed E-state index contributed by atoms with van der Waals surface area (Å²) >= 11 is 0. The van der Waals surface area contributed by atoms with Gasteiger partial charge in [-0.25, -0.2) is 0 Å². The van der Waals surface area contributed by atoms with E-state index in [1.165, 1.54) is 81.6 Å². The molecule has 57 heavy (non-hydrogen) atoms. The number of benzene rings is 10. The van der Waals surface area contributed by atoms with E-state index in [9.17, 15) is 0 Å². The molecular formula is C54H35N3. The summed E-state index contributed by atoms with van der Waals surface area (Å²) in [7, 11) is 0. The van der Waals surface area contributed by atoms with Gasteiger partial charge in [0.15, 0.2) is 0 Å². The third-order valence-corrected chi connectivity index (χ3v) is 11.8. The van der Waals surface area contributed by atoms with Crippen LogP contribution in [0.3, 0.4) is 0 Å². The fraction of sp³-hybridized carbons (Fsp3) is 0. The predicted octanol–water partition coefficient (Wildman–Crippen LogP) is 14.8. The molecule has 10 aromatic carbocycles. The molecule has 0 aliphatic heterocycles. The Kier molecular flexibility index (Phi) is 6.93. The molecule has 0 bridgehead atoms. The number of hydrogen-bond donors (Lipinski definition) is 0. The number of aromatic nitrogens is 2. The van der Waals surface area contributed by atoms with Crippen molar-refractivity contribution in [3.8, 4) is 11.4 Å². The van der Waals surface area contributed by atoms with Crippen LogP contribution in [0.2, 0.25) is 0 Å². The quantitative estimate of drug-likeness (QED) is 0.161. The minimum Gasteiger partial charge on any atom is -0.310 e. The summed E-state index contributed by atoms with van der Waals surface area (Å²) in [6.07, 6.45) is 0. The van der Waals surface area contributed by atoms with Crippen LogP contribution in [0.1, 0.15) is 0 Å². The van der Waals surface area contributed by atoms with Gasteiger partial charge in [0.2, 0.25) is 0 Å². The Hall–Kier alpha value is -7.62. The summed E-state index contributed by atoms with van der Waals surface area (Å²) in [5, 5.41) is 12.5. The van der Waals surface area contributed by atoms with Crippen molar-refractivity contribution in [1.29, 1.82) is 0 Å². The van der Waals surface area contributed by atoms with Gasteiger partial charge in [0, 0.05) is 49.7 Å². The molecule has 0 aliphatic rings. The van der Waals surface area contributed by atoms with Gasteiger partial charge in [0.25, 0.3) is 0 Å². The Bertz CT molecular complexity index is 3420. The van der Waals surface area contributed by atoms with Gasteiger partial charge < -0.3 is 14.0 Å². The lowest BCUT2D eigenvalue weighted by Gasteiger charge is -2.25. The Morgan fingerprint density at radius 1 is 0.263 bits per heavy atom. The molecule has 0 fully saturated rings. The SMILES string of the molecule is c1ccc(N(c2ccccc2)c2ccc3c(c2)c2cc4c5ccccc5n(-c5ccccc5)c4cc2n3-c2cccc3c4ccccc4c4ccccc4c23)cc1. The lowest BCUT2D eigenvalue weighted by Crippen LogP contribution is -2.09. The van der Waals surface area contributed by atoms with Crippen molar-refractivity contribution < 1.29 is 0 Å². The normalized spacial score (nSPS) is 11.9. The summed E-state index contributed by atoms with van der Waals surface area (Å²) in [6, 6.07) is 77.5. The molecule has 0 unspecified atom stereocenters. The first kappa shape index (κ1) is 31.7. The number of para-hydroxylation sites is 4. The van der Waals surface area contributed by atoms with E-state index in [0.29, 0.717) is 0 Å². The Morgan fingerprint density at radius 2 is 0.737 bits per heavy atom. The van der Waals surface area contributed by atoms with E-state index in [1.807, 2.05) is 0 Å². The highest BCUT2D eigenvalue weighted by Gasteiger charge is 2.22. The van der Waals surface area contributed by atoms with Crippen LogP contribution in [-0.2, 0) is 0 Å². The minimum absolute atomic E-state index is 1.11. The summed E-state index contributed by atoms with van der Waals surface area (Å²) < 4.78 is 4.95. The first-order valence-electron chi connectivity index (χ1n) is 19.6. The number of nitrogens with zero attached hydrogens (tertiary/aromatic N) is 3. The highest BCUT2D eigenvalue weighted by Crippen LogP contribution is 2.45. The minimum atomic E-state index is 1.11. The van der Waals surface area contributed by atoms with Gasteiger partial charge in [-0.15, -0.1) is 0 Å². The maximum absolute atomic E-state index is 2.53. The predicted molar refractivity (Wildman–Crippen MR) is 242 cm³/mol. The van der Waals surface area contributed by atoms with Crippen molar-refractivity contribution in [1.82, 2.24) is 9.13 Å². The molecule has 3 nitrogen and oxygen atoms in total. The molecule has 12 aromatic rings. The Morgan fingerprint density at radius 3 is 1.40 bits per heavy atom. The third-order valence-electron chi connectivity index (χ3n) is 11.8. The van der Waals surface area contributed by atoms with Crippen molar-refractivity contribution in [2.45, 2.75) is 0 Å². The van der Waals surface area contributed by atoms with E-state index in [2.05, 4.69) is 226 Å². The lowest BCUT2D eigenvalue weighted by molar-refractivity contribution is 1.17. The summed E-state index contributed by atoms with van der Waals surface area (Å²) in [5.41, 5.74) is 10.4. The van der Waals surface area contributed by atoms with Gasteiger partial charge in [-0.2, -0.15) is 0 Å². The van der Waals surface area contributed by atoms with Crippen LogP contribution in [0.15, 0.2) is 212 Å². The first-order chi connectivity index (χ1) is 28.3. The number of hydrogen-bond acceptors (Lipinski definition) is 1. The molecule has 0 N–H and O–H groups in total. The number of rotatable bonds is 5. The fourth-order valence-electron chi connectivity index (χ4n) is 9.45. The van der Waals surface area contributed by atoms with Crippen LogP contribution in [0, 0.1) is 0 Å². The van der Waals surface area contributed by atoms with Crippen LogP contribution in [0.25, 0.3) is 87.3 Å². The molecule has 266 valence electrons. The summed E-state index contributed by atoms with van der Waals surface area (Å²) in [5.74, 6) is 0. The van der Waals surface area contributed by atoms with E-state index in [4.69, 9.17) is 0 Å². The fourth-order valence-corrected chi connectivity index (χ4v) is 9.45. The zero-order valence-corrected chi connectivity index (χ0v) is 31.0. The summed E-state index contributed by atoms with van der Waals surface area (Å²) in [4.78, 5) is 2.36. The van der Waals surface area contributed by atoms with Crippen molar-refractivity contribution in [2.24, 2.45) is 0 Å². The van der Waals surface area contributed by atoms with E-state index in [0.717, 1.165) is 22.7 Å². The molecule has 12 rings (SSSR count). The molecular weight excluding hydrogens is 691 g/mol. The average molecular weight is 726 g/mol. The zero-order chi connectivity index (χ0) is 37.5. The second-order valence-electron chi connectivity index (χ2n) is 14.9. The van der Waals surface area contributed by atoms with E-state index >= 15 is 0 Å².